The maximum Gasteiger partial charge on any atom is 0.0620 e. The molecule has 0 aliphatic heterocycles. The minimum absolute atomic E-state index is 1.11. The van der Waals surface area contributed by atoms with Gasteiger partial charge >= 0.3 is 0 Å². The molecule has 0 radical (unpaired) electrons. The van der Waals surface area contributed by atoms with E-state index in [1.54, 1.807) is 0 Å². The molecule has 3 heteroatoms. The lowest BCUT2D eigenvalue weighted by Gasteiger charge is -2.25. The van der Waals surface area contributed by atoms with Crippen LogP contribution in [-0.2, 0) is 0 Å². The first-order valence-corrected chi connectivity index (χ1v) is 23.1. The highest BCUT2D eigenvalue weighted by Crippen LogP contribution is 2.40. The van der Waals surface area contributed by atoms with Crippen LogP contribution < -0.4 is 4.90 Å². The van der Waals surface area contributed by atoms with Crippen molar-refractivity contribution in [2.45, 2.75) is 0 Å². The average molecular weight is 886 g/mol. The largest absolute Gasteiger partial charge is 0.311 e. The Kier molecular flexibility index (Phi) is 12.0. The van der Waals surface area contributed by atoms with Crippen LogP contribution in [0.25, 0.3) is 102 Å². The van der Waals surface area contributed by atoms with Crippen LogP contribution in [0.1, 0.15) is 33.4 Å². The van der Waals surface area contributed by atoms with Crippen molar-refractivity contribution < 1.29 is 0 Å². The van der Waals surface area contributed by atoms with E-state index in [9.17, 15) is 0 Å². The van der Waals surface area contributed by atoms with E-state index < -0.39 is 0 Å². The fraction of sp³-hybridized carbons (Fsp3) is 0. The SMILES string of the molecule is C=Cc1ccc(N(c2ccccc2)c2ccc(C=C)cc2)cc1.C=Cc1ccc2c(c1)c1cc(C=C)ccc1n2-c1ccccc1.C=Cc1ccc2c(c1)c1cccc3c4cc(C=C)ccc4n2c13. The Labute approximate surface area is 404 Å². The van der Waals surface area contributed by atoms with Gasteiger partial charge in [-0.15, -0.1) is 0 Å². The fourth-order valence-electron chi connectivity index (χ4n) is 9.48. The zero-order valence-electron chi connectivity index (χ0n) is 38.6. The molecular formula is C66H51N3. The van der Waals surface area contributed by atoms with Crippen LogP contribution in [0, 0.1) is 0 Å². The lowest BCUT2D eigenvalue weighted by molar-refractivity contribution is 1.18. The second-order valence-corrected chi connectivity index (χ2v) is 16.9. The topological polar surface area (TPSA) is 12.6 Å². The number of para-hydroxylation sites is 3. The van der Waals surface area contributed by atoms with Crippen molar-refractivity contribution in [2.75, 3.05) is 4.90 Å². The summed E-state index contributed by atoms with van der Waals surface area (Å²) >= 11 is 0. The van der Waals surface area contributed by atoms with Crippen molar-refractivity contribution in [1.82, 2.24) is 8.97 Å². The Hall–Kier alpha value is -9.18. The van der Waals surface area contributed by atoms with Crippen LogP contribution in [0.2, 0.25) is 0 Å². The Morgan fingerprint density at radius 1 is 0.290 bits per heavy atom. The molecule has 0 fully saturated rings. The first kappa shape index (κ1) is 43.7. The van der Waals surface area contributed by atoms with Crippen molar-refractivity contribution in [1.29, 1.82) is 0 Å². The van der Waals surface area contributed by atoms with Crippen molar-refractivity contribution in [3.63, 3.8) is 0 Å². The van der Waals surface area contributed by atoms with Gasteiger partial charge in [-0.3, -0.25) is 0 Å². The Morgan fingerprint density at radius 3 is 1.01 bits per heavy atom. The molecule has 9 aromatic carbocycles. The molecular weight excluding hydrogens is 835 g/mol. The molecule has 3 heterocycles. The summed E-state index contributed by atoms with van der Waals surface area (Å²) in [6, 6.07) is 70.3. The molecule has 3 aromatic heterocycles. The molecule has 0 aliphatic carbocycles. The molecule has 0 N–H and O–H groups in total. The van der Waals surface area contributed by atoms with Crippen LogP contribution in [-0.4, -0.2) is 8.97 Å². The molecule has 0 spiro atoms. The third-order valence-corrected chi connectivity index (χ3v) is 12.9. The van der Waals surface area contributed by atoms with E-state index in [0.717, 1.165) is 50.4 Å². The monoisotopic (exact) mass is 885 g/mol. The zero-order valence-corrected chi connectivity index (χ0v) is 38.6. The van der Waals surface area contributed by atoms with Gasteiger partial charge in [0.1, 0.15) is 0 Å². The van der Waals surface area contributed by atoms with E-state index in [1.165, 1.54) is 65.6 Å². The molecule has 69 heavy (non-hydrogen) atoms. The van der Waals surface area contributed by atoms with Gasteiger partial charge in [-0.2, -0.15) is 0 Å². The van der Waals surface area contributed by atoms with E-state index in [0.29, 0.717) is 0 Å². The second kappa shape index (κ2) is 19.0. The van der Waals surface area contributed by atoms with Crippen LogP contribution in [0.5, 0.6) is 0 Å². The first-order chi connectivity index (χ1) is 33.9. The minimum atomic E-state index is 1.11. The predicted molar refractivity (Wildman–Crippen MR) is 304 cm³/mol. The number of hydrogen-bond acceptors (Lipinski definition) is 1. The van der Waals surface area contributed by atoms with Crippen molar-refractivity contribution in [3.8, 4) is 5.69 Å². The van der Waals surface area contributed by atoms with E-state index in [-0.39, 0.29) is 0 Å². The summed E-state index contributed by atoms with van der Waals surface area (Å²) in [5.74, 6) is 0. The number of nitrogens with zero attached hydrogens (tertiary/aromatic N) is 3. The van der Waals surface area contributed by atoms with Crippen LogP contribution in [0.15, 0.2) is 240 Å². The molecule has 0 bridgehead atoms. The number of hydrogen-bond donors (Lipinski definition) is 0. The van der Waals surface area contributed by atoms with Gasteiger partial charge in [-0.25, -0.2) is 0 Å². The van der Waals surface area contributed by atoms with E-state index >= 15 is 0 Å². The maximum absolute atomic E-state index is 3.89. The van der Waals surface area contributed by atoms with Crippen LogP contribution in [0.4, 0.5) is 17.1 Å². The number of anilines is 3. The number of fused-ring (bicyclic) bond motifs is 9. The van der Waals surface area contributed by atoms with Gasteiger partial charge in [0.05, 0.1) is 27.6 Å². The Morgan fingerprint density at radius 2 is 0.623 bits per heavy atom. The molecule has 0 saturated carbocycles. The van der Waals surface area contributed by atoms with Gasteiger partial charge in [0.15, 0.2) is 0 Å². The lowest BCUT2D eigenvalue weighted by atomic mass is 10.1. The molecule has 0 saturated heterocycles. The van der Waals surface area contributed by atoms with E-state index in [2.05, 4.69) is 241 Å². The maximum atomic E-state index is 3.89. The van der Waals surface area contributed by atoms with Gasteiger partial charge in [0, 0.05) is 55.1 Å². The fourth-order valence-corrected chi connectivity index (χ4v) is 9.48. The van der Waals surface area contributed by atoms with Crippen LogP contribution >= 0.6 is 0 Å². The van der Waals surface area contributed by atoms with Gasteiger partial charge < -0.3 is 13.9 Å². The molecule has 0 aliphatic rings. The Balaban J connectivity index is 0.000000120. The summed E-state index contributed by atoms with van der Waals surface area (Å²) in [4.78, 5) is 2.24. The quantitative estimate of drug-likeness (QED) is 0.133. The van der Waals surface area contributed by atoms with Gasteiger partial charge in [0.25, 0.3) is 0 Å². The van der Waals surface area contributed by atoms with E-state index in [4.69, 9.17) is 0 Å². The van der Waals surface area contributed by atoms with Gasteiger partial charge in [0.2, 0.25) is 0 Å². The number of aromatic nitrogens is 2. The summed E-state index contributed by atoms with van der Waals surface area (Å²) in [5, 5.41) is 7.67. The number of benzene rings is 9. The minimum Gasteiger partial charge on any atom is -0.311 e. The average Bonchev–Trinajstić information content (AvgIpc) is 4.06. The van der Waals surface area contributed by atoms with Crippen LogP contribution in [0.3, 0.4) is 0 Å². The van der Waals surface area contributed by atoms with Crippen molar-refractivity contribution in [3.05, 3.63) is 273 Å². The third-order valence-electron chi connectivity index (χ3n) is 12.9. The smallest absolute Gasteiger partial charge is 0.0620 e. The molecule has 0 amide bonds. The predicted octanol–water partition coefficient (Wildman–Crippen LogP) is 18.6. The number of rotatable bonds is 10. The summed E-state index contributed by atoms with van der Waals surface area (Å²) in [7, 11) is 0. The Bertz CT molecular complexity index is 3660. The lowest BCUT2D eigenvalue weighted by Crippen LogP contribution is -2.09. The standard InChI is InChI=1S/C22H15N.C22H17N.C22H19N/c1-3-14-8-10-20-18(12-14)16-6-5-7-17-19-13-15(4-2)9-11-21(19)23(20)22(16)17;1-3-16-10-12-21-19(14-16)20-15-17(4-2)11-13-22(20)23(21)18-8-6-5-7-9-18;1-3-18-10-14-21(15-11-18)23(20-8-6-5-7-9-20)22-16-12-19(4-2)13-17-22/h3-13H,1-2H2;3-15H,1-2H2;3-17H,1-2H2. The molecule has 12 rings (SSSR count). The highest BCUT2D eigenvalue weighted by molar-refractivity contribution is 6.23. The van der Waals surface area contributed by atoms with Crippen molar-refractivity contribution in [2.24, 2.45) is 0 Å². The summed E-state index contributed by atoms with van der Waals surface area (Å²) < 4.78 is 4.69. The highest BCUT2D eigenvalue weighted by atomic mass is 15.1. The molecule has 12 aromatic rings. The summed E-state index contributed by atoms with van der Waals surface area (Å²) in [6.45, 7) is 23.2. The third kappa shape index (κ3) is 8.13. The molecule has 330 valence electrons. The first-order valence-electron chi connectivity index (χ1n) is 23.1. The molecule has 0 unspecified atom stereocenters. The summed E-state index contributed by atoms with van der Waals surface area (Å²) in [6.07, 6.45) is 11.3. The van der Waals surface area contributed by atoms with Gasteiger partial charge in [-0.1, -0.05) is 179 Å². The molecule has 3 nitrogen and oxygen atoms in total. The second-order valence-electron chi connectivity index (χ2n) is 16.9. The zero-order chi connectivity index (χ0) is 47.4. The van der Waals surface area contributed by atoms with Gasteiger partial charge in [-0.05, 0) is 130 Å². The van der Waals surface area contributed by atoms with E-state index in [1.807, 2.05) is 48.6 Å². The summed E-state index contributed by atoms with van der Waals surface area (Å²) in [5.41, 5.74) is 17.6. The highest BCUT2D eigenvalue weighted by Gasteiger charge is 2.18. The normalized spacial score (nSPS) is 11.0. The van der Waals surface area contributed by atoms with Crippen molar-refractivity contribution >= 4 is 113 Å². The molecule has 0 atom stereocenters.